The fourth-order valence-corrected chi connectivity index (χ4v) is 2.29. The smallest absolute Gasteiger partial charge is 0.375 e. The molecule has 2 aromatic rings. The molecule has 6 nitrogen and oxygen atoms in total. The SMILES string of the molecule is COC(=O)c1oc(=O)c2sccc2c1C(=O)OC. The van der Waals surface area contributed by atoms with Crippen LogP contribution < -0.4 is 5.63 Å². The monoisotopic (exact) mass is 268 g/mol. The quantitative estimate of drug-likeness (QED) is 0.766. The molecule has 0 saturated carbocycles. The van der Waals surface area contributed by atoms with Crippen molar-refractivity contribution >= 4 is 33.4 Å². The van der Waals surface area contributed by atoms with E-state index in [0.29, 0.717) is 5.39 Å². The van der Waals surface area contributed by atoms with Crippen molar-refractivity contribution in [1.82, 2.24) is 0 Å². The molecule has 0 aliphatic carbocycles. The number of carbonyl (C=O) groups is 2. The van der Waals surface area contributed by atoms with E-state index in [1.54, 1.807) is 11.4 Å². The van der Waals surface area contributed by atoms with E-state index in [1.807, 2.05) is 0 Å². The van der Waals surface area contributed by atoms with Crippen molar-refractivity contribution in [3.8, 4) is 0 Å². The molecule has 94 valence electrons. The Kier molecular flexibility index (Phi) is 3.15. The Morgan fingerprint density at radius 3 is 2.50 bits per heavy atom. The van der Waals surface area contributed by atoms with Gasteiger partial charge in [-0.15, -0.1) is 11.3 Å². The summed E-state index contributed by atoms with van der Waals surface area (Å²) in [6.07, 6.45) is 0. The molecule has 18 heavy (non-hydrogen) atoms. The summed E-state index contributed by atoms with van der Waals surface area (Å²) in [6, 6.07) is 1.55. The van der Waals surface area contributed by atoms with Gasteiger partial charge in [0.1, 0.15) is 10.3 Å². The molecule has 0 radical (unpaired) electrons. The fourth-order valence-electron chi connectivity index (χ4n) is 1.52. The number of methoxy groups -OCH3 is 2. The van der Waals surface area contributed by atoms with Gasteiger partial charge in [-0.05, 0) is 11.4 Å². The van der Waals surface area contributed by atoms with E-state index in [-0.39, 0.29) is 10.3 Å². The van der Waals surface area contributed by atoms with Gasteiger partial charge in [-0.3, -0.25) is 0 Å². The second-order valence-corrected chi connectivity index (χ2v) is 4.16. The van der Waals surface area contributed by atoms with Crippen molar-refractivity contribution in [2.45, 2.75) is 0 Å². The lowest BCUT2D eigenvalue weighted by molar-refractivity contribution is 0.0522. The molecule has 2 rings (SSSR count). The normalized spacial score (nSPS) is 10.3. The Bertz CT molecular complexity index is 680. The van der Waals surface area contributed by atoms with E-state index in [9.17, 15) is 14.4 Å². The molecule has 0 atom stereocenters. The molecule has 0 saturated heterocycles. The molecular formula is C11H8O6S. The van der Waals surface area contributed by atoms with Crippen LogP contribution in [0.25, 0.3) is 10.1 Å². The third-order valence-electron chi connectivity index (χ3n) is 2.30. The maximum absolute atomic E-state index is 11.7. The predicted octanol–water partition coefficient (Wildman–Crippen LogP) is 1.43. The van der Waals surface area contributed by atoms with Gasteiger partial charge in [-0.1, -0.05) is 0 Å². The summed E-state index contributed by atoms with van der Waals surface area (Å²) in [5.74, 6) is -2.11. The number of ether oxygens (including phenoxy) is 2. The third-order valence-corrected chi connectivity index (χ3v) is 3.20. The number of thiophene rings is 1. The van der Waals surface area contributed by atoms with Crippen LogP contribution in [0.2, 0.25) is 0 Å². The second-order valence-electron chi connectivity index (χ2n) is 3.24. The summed E-state index contributed by atoms with van der Waals surface area (Å²) in [5.41, 5.74) is -0.784. The van der Waals surface area contributed by atoms with Crippen LogP contribution in [0.15, 0.2) is 20.7 Å². The molecule has 2 heterocycles. The van der Waals surface area contributed by atoms with Gasteiger partial charge >= 0.3 is 17.6 Å². The van der Waals surface area contributed by atoms with Gasteiger partial charge in [-0.2, -0.15) is 0 Å². The lowest BCUT2D eigenvalue weighted by Crippen LogP contribution is -2.16. The molecule has 0 aromatic carbocycles. The van der Waals surface area contributed by atoms with Gasteiger partial charge in [0.25, 0.3) is 0 Å². The van der Waals surface area contributed by atoms with Gasteiger partial charge in [0, 0.05) is 5.39 Å². The molecule has 0 amide bonds. The molecule has 0 fully saturated rings. The van der Waals surface area contributed by atoms with Crippen molar-refractivity contribution < 1.29 is 23.5 Å². The average Bonchev–Trinajstić information content (AvgIpc) is 2.86. The molecular weight excluding hydrogens is 260 g/mol. The van der Waals surface area contributed by atoms with Crippen molar-refractivity contribution in [1.29, 1.82) is 0 Å². The maximum atomic E-state index is 11.7. The van der Waals surface area contributed by atoms with Gasteiger partial charge in [0.05, 0.1) is 14.2 Å². The molecule has 0 aliphatic heterocycles. The Morgan fingerprint density at radius 2 is 1.89 bits per heavy atom. The van der Waals surface area contributed by atoms with Crippen LogP contribution in [0.3, 0.4) is 0 Å². The number of carbonyl (C=O) groups excluding carboxylic acids is 2. The Labute approximate surface area is 105 Å². The van der Waals surface area contributed by atoms with Crippen LogP contribution in [0.4, 0.5) is 0 Å². The molecule has 7 heteroatoms. The minimum atomic E-state index is -0.902. The summed E-state index contributed by atoms with van der Waals surface area (Å²) in [5, 5.41) is 1.94. The predicted molar refractivity (Wildman–Crippen MR) is 63.0 cm³/mol. The van der Waals surface area contributed by atoms with E-state index in [1.165, 1.54) is 7.11 Å². The Balaban J connectivity index is 2.87. The van der Waals surface area contributed by atoms with Gasteiger partial charge in [0.2, 0.25) is 5.76 Å². The van der Waals surface area contributed by atoms with Gasteiger partial charge in [0.15, 0.2) is 0 Å². The van der Waals surface area contributed by atoms with Gasteiger partial charge in [-0.25, -0.2) is 14.4 Å². The third kappa shape index (κ3) is 1.78. The van der Waals surface area contributed by atoms with Crippen molar-refractivity contribution in [3.05, 3.63) is 33.2 Å². The van der Waals surface area contributed by atoms with Crippen LogP contribution in [-0.2, 0) is 9.47 Å². The van der Waals surface area contributed by atoms with E-state index < -0.39 is 23.3 Å². The minimum absolute atomic E-state index is 0.0970. The first-order chi connectivity index (χ1) is 8.60. The Morgan fingerprint density at radius 1 is 1.22 bits per heavy atom. The standard InChI is InChI=1S/C11H8O6S/c1-15-9(12)6-5-3-4-18-8(5)11(14)17-7(6)10(13)16-2/h3-4H,1-2H3. The van der Waals surface area contributed by atoms with Crippen molar-refractivity contribution in [2.24, 2.45) is 0 Å². The molecule has 2 aromatic heterocycles. The number of fused-ring (bicyclic) bond motifs is 1. The first-order valence-corrected chi connectivity index (χ1v) is 5.69. The first kappa shape index (κ1) is 12.3. The largest absolute Gasteiger partial charge is 0.465 e. The van der Waals surface area contributed by atoms with Gasteiger partial charge < -0.3 is 13.9 Å². The Hall–Kier alpha value is -2.15. The van der Waals surface area contributed by atoms with E-state index in [2.05, 4.69) is 9.47 Å². The molecule has 0 bridgehead atoms. The highest BCUT2D eigenvalue weighted by Crippen LogP contribution is 2.25. The summed E-state index contributed by atoms with van der Waals surface area (Å²) in [7, 11) is 2.30. The molecule has 0 aliphatic rings. The molecule has 0 spiro atoms. The highest BCUT2D eigenvalue weighted by Gasteiger charge is 2.26. The van der Waals surface area contributed by atoms with E-state index in [0.717, 1.165) is 18.4 Å². The summed E-state index contributed by atoms with van der Waals surface area (Å²) in [6.45, 7) is 0. The highest BCUT2D eigenvalue weighted by molar-refractivity contribution is 7.17. The zero-order chi connectivity index (χ0) is 13.3. The molecule has 0 N–H and O–H groups in total. The zero-order valence-corrected chi connectivity index (χ0v) is 10.3. The van der Waals surface area contributed by atoms with Crippen LogP contribution in [0, 0.1) is 0 Å². The average molecular weight is 268 g/mol. The zero-order valence-electron chi connectivity index (χ0n) is 9.51. The van der Waals surface area contributed by atoms with E-state index >= 15 is 0 Å². The van der Waals surface area contributed by atoms with E-state index in [4.69, 9.17) is 4.42 Å². The van der Waals surface area contributed by atoms with Crippen LogP contribution in [0.5, 0.6) is 0 Å². The first-order valence-electron chi connectivity index (χ1n) is 4.81. The molecule has 0 unspecified atom stereocenters. The maximum Gasteiger partial charge on any atom is 0.375 e. The number of hydrogen-bond acceptors (Lipinski definition) is 7. The second kappa shape index (κ2) is 4.61. The van der Waals surface area contributed by atoms with Crippen molar-refractivity contribution in [2.75, 3.05) is 14.2 Å². The summed E-state index contributed by atoms with van der Waals surface area (Å²) >= 11 is 1.12. The highest BCUT2D eigenvalue weighted by atomic mass is 32.1. The fraction of sp³-hybridized carbons (Fsp3) is 0.182. The topological polar surface area (TPSA) is 82.8 Å². The van der Waals surface area contributed by atoms with Crippen LogP contribution in [-0.4, -0.2) is 26.2 Å². The number of hydrogen-bond donors (Lipinski definition) is 0. The van der Waals surface area contributed by atoms with Crippen LogP contribution >= 0.6 is 11.3 Å². The number of esters is 2. The summed E-state index contributed by atoms with van der Waals surface area (Å²) < 4.78 is 14.1. The summed E-state index contributed by atoms with van der Waals surface area (Å²) in [4.78, 5) is 34.8. The van der Waals surface area contributed by atoms with Crippen molar-refractivity contribution in [3.63, 3.8) is 0 Å². The lowest BCUT2D eigenvalue weighted by Gasteiger charge is -2.05. The van der Waals surface area contributed by atoms with Crippen LogP contribution in [0.1, 0.15) is 20.9 Å². The minimum Gasteiger partial charge on any atom is -0.465 e. The number of rotatable bonds is 2. The lowest BCUT2D eigenvalue weighted by atomic mass is 10.1.